The van der Waals surface area contributed by atoms with Gasteiger partial charge in [-0.25, -0.2) is 0 Å². The molecule has 1 heterocycles. The van der Waals surface area contributed by atoms with E-state index < -0.39 is 22.8 Å². The molecule has 0 spiro atoms. The van der Waals surface area contributed by atoms with Crippen molar-refractivity contribution >= 4 is 29.0 Å². The van der Waals surface area contributed by atoms with Crippen molar-refractivity contribution in [2.24, 2.45) is 0 Å². The van der Waals surface area contributed by atoms with E-state index in [1.807, 2.05) is 0 Å². The summed E-state index contributed by atoms with van der Waals surface area (Å²) in [6, 6.07) is 13.8. The summed E-state index contributed by atoms with van der Waals surface area (Å²) < 4.78 is 5.40. The SMILES string of the molecule is C[C@@H](Oc1cccnc1[N+](=O)[O-])C(=O)Nc1ccc2c(c1)C(=O)c1ccccc1C2=O. The molecule has 9 nitrogen and oxygen atoms in total. The molecule has 3 aromatic rings. The van der Waals surface area contributed by atoms with E-state index in [1.165, 1.54) is 43.5 Å². The zero-order chi connectivity index (χ0) is 22.1. The Labute approximate surface area is 175 Å². The molecular weight excluding hydrogens is 402 g/mol. The molecule has 1 aliphatic rings. The van der Waals surface area contributed by atoms with Crippen LogP contribution in [0.1, 0.15) is 38.8 Å². The maximum atomic E-state index is 12.8. The monoisotopic (exact) mass is 417 g/mol. The average molecular weight is 417 g/mol. The number of carbonyl (C=O) groups excluding carboxylic acids is 3. The molecule has 154 valence electrons. The number of rotatable bonds is 5. The van der Waals surface area contributed by atoms with E-state index in [0.29, 0.717) is 16.8 Å². The van der Waals surface area contributed by atoms with Crippen LogP contribution in [-0.2, 0) is 4.79 Å². The molecule has 0 fully saturated rings. The van der Waals surface area contributed by atoms with Gasteiger partial charge in [0.15, 0.2) is 17.7 Å². The van der Waals surface area contributed by atoms with E-state index in [-0.39, 0.29) is 28.4 Å². The number of ketones is 2. The molecule has 31 heavy (non-hydrogen) atoms. The van der Waals surface area contributed by atoms with Gasteiger partial charge < -0.3 is 20.2 Å². The highest BCUT2D eigenvalue weighted by atomic mass is 16.6. The first-order chi connectivity index (χ1) is 14.9. The fraction of sp³-hybridized carbons (Fsp3) is 0.0909. The lowest BCUT2D eigenvalue weighted by Gasteiger charge is -2.19. The van der Waals surface area contributed by atoms with Crippen LogP contribution in [0, 0.1) is 10.1 Å². The topological polar surface area (TPSA) is 128 Å². The van der Waals surface area contributed by atoms with Gasteiger partial charge in [-0.05, 0) is 47.2 Å². The highest BCUT2D eigenvalue weighted by Gasteiger charge is 2.30. The average Bonchev–Trinajstić information content (AvgIpc) is 2.77. The minimum atomic E-state index is -1.09. The Morgan fingerprint density at radius 2 is 1.65 bits per heavy atom. The van der Waals surface area contributed by atoms with Crippen molar-refractivity contribution in [3.05, 3.63) is 93.2 Å². The predicted molar refractivity (Wildman–Crippen MR) is 109 cm³/mol. The fourth-order valence-corrected chi connectivity index (χ4v) is 3.28. The molecule has 0 saturated heterocycles. The van der Waals surface area contributed by atoms with Gasteiger partial charge in [-0.15, -0.1) is 0 Å². The Morgan fingerprint density at radius 1 is 1.00 bits per heavy atom. The lowest BCUT2D eigenvalue weighted by Crippen LogP contribution is -2.30. The van der Waals surface area contributed by atoms with Crippen LogP contribution in [0.15, 0.2) is 60.8 Å². The number of nitrogens with zero attached hydrogens (tertiary/aromatic N) is 2. The van der Waals surface area contributed by atoms with Crippen molar-refractivity contribution in [1.29, 1.82) is 0 Å². The van der Waals surface area contributed by atoms with Crippen LogP contribution in [0.2, 0.25) is 0 Å². The van der Waals surface area contributed by atoms with Gasteiger partial charge in [0.25, 0.3) is 5.91 Å². The number of carbonyl (C=O) groups is 3. The molecule has 1 aromatic heterocycles. The largest absolute Gasteiger partial charge is 0.473 e. The molecule has 2 aromatic carbocycles. The zero-order valence-corrected chi connectivity index (χ0v) is 16.2. The number of nitro groups is 1. The zero-order valence-electron chi connectivity index (χ0n) is 16.2. The van der Waals surface area contributed by atoms with Crippen molar-refractivity contribution < 1.29 is 24.0 Å². The summed E-state index contributed by atoms with van der Waals surface area (Å²) in [6.07, 6.45) is 0.163. The number of anilines is 1. The number of benzene rings is 2. The molecule has 0 radical (unpaired) electrons. The second kappa shape index (κ2) is 7.79. The maximum absolute atomic E-state index is 12.8. The van der Waals surface area contributed by atoms with Crippen LogP contribution < -0.4 is 10.1 Å². The first-order valence-corrected chi connectivity index (χ1v) is 9.26. The van der Waals surface area contributed by atoms with Crippen LogP contribution in [0.5, 0.6) is 5.75 Å². The van der Waals surface area contributed by atoms with Crippen molar-refractivity contribution in [3.8, 4) is 5.75 Å². The highest BCUT2D eigenvalue weighted by Crippen LogP contribution is 2.29. The third kappa shape index (κ3) is 3.64. The van der Waals surface area contributed by atoms with Crippen molar-refractivity contribution in [3.63, 3.8) is 0 Å². The molecule has 0 aliphatic heterocycles. The van der Waals surface area contributed by atoms with E-state index in [4.69, 9.17) is 4.74 Å². The standard InChI is InChI=1S/C22H15N3O6/c1-12(31-18-7-4-10-23-21(18)25(29)30)22(28)24-13-8-9-16-17(11-13)20(27)15-6-3-2-5-14(15)19(16)26/h2-12H,1H3,(H,24,28)/t12-/m1/s1. The molecule has 0 bridgehead atoms. The molecule has 4 rings (SSSR count). The summed E-state index contributed by atoms with van der Waals surface area (Å²) in [4.78, 5) is 52.0. The number of hydrogen-bond acceptors (Lipinski definition) is 7. The number of amides is 1. The number of nitrogens with one attached hydrogen (secondary N) is 1. The molecule has 1 amide bonds. The fourth-order valence-electron chi connectivity index (χ4n) is 3.28. The Balaban J connectivity index is 1.54. The predicted octanol–water partition coefficient (Wildman–Crippen LogP) is 3.17. The van der Waals surface area contributed by atoms with Gasteiger partial charge in [0.2, 0.25) is 5.75 Å². The third-order valence-electron chi connectivity index (χ3n) is 4.79. The number of pyridine rings is 1. The quantitative estimate of drug-likeness (QED) is 0.390. The Hall–Kier alpha value is -4.40. The number of ether oxygens (including phenoxy) is 1. The van der Waals surface area contributed by atoms with Crippen LogP contribution >= 0.6 is 0 Å². The number of aromatic nitrogens is 1. The second-order valence-electron chi connectivity index (χ2n) is 6.80. The van der Waals surface area contributed by atoms with E-state index in [9.17, 15) is 24.5 Å². The summed E-state index contributed by atoms with van der Waals surface area (Å²) in [5.74, 6) is -1.80. The van der Waals surface area contributed by atoms with Crippen LogP contribution in [-0.4, -0.2) is 33.5 Å². The Kier molecular flexibility index (Phi) is 5.00. The van der Waals surface area contributed by atoms with Crippen molar-refractivity contribution in [1.82, 2.24) is 4.98 Å². The Morgan fingerprint density at radius 3 is 2.32 bits per heavy atom. The molecule has 1 atom stereocenters. The molecule has 0 saturated carbocycles. The maximum Gasteiger partial charge on any atom is 0.406 e. The first kappa shape index (κ1) is 19.9. The van der Waals surface area contributed by atoms with Crippen molar-refractivity contribution in [2.75, 3.05) is 5.32 Å². The van der Waals surface area contributed by atoms with Gasteiger partial charge in [0, 0.05) is 27.9 Å². The minimum absolute atomic E-state index is 0.141. The summed E-state index contributed by atoms with van der Waals surface area (Å²) in [5.41, 5.74) is 1.40. The molecule has 1 aliphatic carbocycles. The van der Waals surface area contributed by atoms with E-state index in [2.05, 4.69) is 10.3 Å². The normalized spacial score (nSPS) is 13.1. The number of hydrogen-bond donors (Lipinski definition) is 1. The summed E-state index contributed by atoms with van der Waals surface area (Å²) in [7, 11) is 0. The van der Waals surface area contributed by atoms with Crippen molar-refractivity contribution in [2.45, 2.75) is 13.0 Å². The first-order valence-electron chi connectivity index (χ1n) is 9.26. The smallest absolute Gasteiger partial charge is 0.406 e. The lowest BCUT2D eigenvalue weighted by molar-refractivity contribution is -0.390. The molecule has 1 N–H and O–H groups in total. The van der Waals surface area contributed by atoms with Gasteiger partial charge in [-0.3, -0.25) is 14.4 Å². The van der Waals surface area contributed by atoms with Crippen LogP contribution in [0.3, 0.4) is 0 Å². The minimum Gasteiger partial charge on any atom is -0.473 e. The van der Waals surface area contributed by atoms with Gasteiger partial charge in [-0.1, -0.05) is 24.3 Å². The van der Waals surface area contributed by atoms with Gasteiger partial charge >= 0.3 is 5.82 Å². The van der Waals surface area contributed by atoms with Gasteiger partial charge in [0.05, 0.1) is 0 Å². The summed E-state index contributed by atoms with van der Waals surface area (Å²) >= 11 is 0. The summed E-state index contributed by atoms with van der Waals surface area (Å²) in [5, 5.41) is 13.7. The second-order valence-corrected chi connectivity index (χ2v) is 6.80. The van der Waals surface area contributed by atoms with E-state index in [1.54, 1.807) is 24.3 Å². The van der Waals surface area contributed by atoms with Crippen LogP contribution in [0.4, 0.5) is 11.5 Å². The molecule has 9 heteroatoms. The Bertz CT molecular complexity index is 1250. The number of fused-ring (bicyclic) bond motifs is 2. The van der Waals surface area contributed by atoms with E-state index >= 15 is 0 Å². The van der Waals surface area contributed by atoms with Crippen LogP contribution in [0.25, 0.3) is 0 Å². The van der Waals surface area contributed by atoms with Gasteiger partial charge in [-0.2, -0.15) is 0 Å². The third-order valence-corrected chi connectivity index (χ3v) is 4.79. The summed E-state index contributed by atoms with van der Waals surface area (Å²) in [6.45, 7) is 1.43. The highest BCUT2D eigenvalue weighted by molar-refractivity contribution is 6.28. The molecule has 0 unspecified atom stereocenters. The molecular formula is C22H15N3O6. The lowest BCUT2D eigenvalue weighted by atomic mass is 9.84. The van der Waals surface area contributed by atoms with Gasteiger partial charge in [0.1, 0.15) is 6.20 Å². The van der Waals surface area contributed by atoms with E-state index in [0.717, 1.165) is 0 Å².